The molecular formula is C14H19ClN2O2. The molecule has 2 aliphatic heterocycles. The predicted octanol–water partition coefficient (Wildman–Crippen LogP) is 1.61. The number of nitrogens with zero attached hydrogens (tertiary/aromatic N) is 1. The molecule has 1 atom stereocenters. The molecule has 0 radical (unpaired) electrons. The summed E-state index contributed by atoms with van der Waals surface area (Å²) in [6, 6.07) is 5.81. The summed E-state index contributed by atoms with van der Waals surface area (Å²) in [5.41, 5.74) is 7.11. The second-order valence-corrected chi connectivity index (χ2v) is 5.51. The van der Waals surface area contributed by atoms with E-state index in [0.29, 0.717) is 13.2 Å². The van der Waals surface area contributed by atoms with E-state index in [1.165, 1.54) is 0 Å². The number of morpholine rings is 1. The molecule has 0 amide bonds. The molecule has 1 aromatic carbocycles. The van der Waals surface area contributed by atoms with Gasteiger partial charge in [-0.2, -0.15) is 0 Å². The van der Waals surface area contributed by atoms with Crippen LogP contribution in [0.15, 0.2) is 18.2 Å². The van der Waals surface area contributed by atoms with Crippen molar-refractivity contribution < 1.29 is 9.47 Å². The van der Waals surface area contributed by atoms with Gasteiger partial charge in [0.25, 0.3) is 0 Å². The Hall–Kier alpha value is -0.810. The van der Waals surface area contributed by atoms with Crippen LogP contribution in [-0.2, 0) is 10.3 Å². The molecule has 0 aromatic heterocycles. The van der Waals surface area contributed by atoms with Crippen molar-refractivity contribution >= 4 is 11.6 Å². The first-order valence-corrected chi connectivity index (χ1v) is 7.10. The number of hydrogen-bond acceptors (Lipinski definition) is 4. The number of benzene rings is 1. The smallest absolute Gasteiger partial charge is 0.124 e. The van der Waals surface area contributed by atoms with E-state index in [4.69, 9.17) is 26.8 Å². The maximum atomic E-state index is 6.16. The Kier molecular flexibility index (Phi) is 3.67. The van der Waals surface area contributed by atoms with Crippen molar-refractivity contribution in [1.82, 2.24) is 4.90 Å². The highest BCUT2D eigenvalue weighted by Crippen LogP contribution is 2.42. The quantitative estimate of drug-likeness (QED) is 0.895. The van der Waals surface area contributed by atoms with Gasteiger partial charge < -0.3 is 15.2 Å². The fraction of sp³-hybridized carbons (Fsp3) is 0.571. The molecule has 0 spiro atoms. The Balaban J connectivity index is 2.04. The molecule has 1 fully saturated rings. The van der Waals surface area contributed by atoms with Crippen molar-refractivity contribution in [2.24, 2.45) is 5.73 Å². The van der Waals surface area contributed by atoms with Gasteiger partial charge in [-0.15, -0.1) is 0 Å². The Morgan fingerprint density at radius 2 is 2.05 bits per heavy atom. The van der Waals surface area contributed by atoms with Crippen LogP contribution in [0.25, 0.3) is 0 Å². The minimum atomic E-state index is -0.164. The predicted molar refractivity (Wildman–Crippen MR) is 74.7 cm³/mol. The Morgan fingerprint density at radius 3 is 2.79 bits per heavy atom. The number of hydrogen-bond donors (Lipinski definition) is 1. The van der Waals surface area contributed by atoms with Crippen LogP contribution in [0.4, 0.5) is 0 Å². The van der Waals surface area contributed by atoms with Crippen molar-refractivity contribution in [3.63, 3.8) is 0 Å². The molecule has 1 unspecified atom stereocenters. The fourth-order valence-corrected chi connectivity index (χ4v) is 3.29. The van der Waals surface area contributed by atoms with Gasteiger partial charge >= 0.3 is 0 Å². The van der Waals surface area contributed by atoms with E-state index in [1.54, 1.807) is 0 Å². The average molecular weight is 283 g/mol. The van der Waals surface area contributed by atoms with E-state index in [2.05, 4.69) is 4.90 Å². The molecule has 1 saturated heterocycles. The van der Waals surface area contributed by atoms with Crippen LogP contribution in [0.1, 0.15) is 12.0 Å². The zero-order valence-corrected chi connectivity index (χ0v) is 11.7. The number of ether oxygens (including phenoxy) is 2. The van der Waals surface area contributed by atoms with Gasteiger partial charge in [0.1, 0.15) is 5.75 Å². The third-order valence-electron chi connectivity index (χ3n) is 4.17. The van der Waals surface area contributed by atoms with Crippen LogP contribution < -0.4 is 10.5 Å². The molecule has 19 heavy (non-hydrogen) atoms. The summed E-state index contributed by atoms with van der Waals surface area (Å²) >= 11 is 6.16. The van der Waals surface area contributed by atoms with Crippen LogP contribution in [0.2, 0.25) is 5.02 Å². The van der Waals surface area contributed by atoms with Crippen LogP contribution in [0.5, 0.6) is 5.75 Å². The molecule has 3 rings (SSSR count). The van der Waals surface area contributed by atoms with Crippen LogP contribution in [-0.4, -0.2) is 44.4 Å². The van der Waals surface area contributed by atoms with Gasteiger partial charge in [0.05, 0.1) is 25.4 Å². The lowest BCUT2D eigenvalue weighted by molar-refractivity contribution is -0.0364. The van der Waals surface area contributed by atoms with Crippen molar-refractivity contribution in [2.75, 3.05) is 39.5 Å². The van der Waals surface area contributed by atoms with Gasteiger partial charge in [0, 0.05) is 36.6 Å². The monoisotopic (exact) mass is 282 g/mol. The first-order valence-electron chi connectivity index (χ1n) is 6.72. The van der Waals surface area contributed by atoms with E-state index in [-0.39, 0.29) is 5.54 Å². The zero-order chi connectivity index (χ0) is 13.3. The third-order valence-corrected chi connectivity index (χ3v) is 4.41. The highest BCUT2D eigenvalue weighted by Gasteiger charge is 2.42. The second-order valence-electron chi connectivity index (χ2n) is 5.07. The van der Waals surface area contributed by atoms with Crippen molar-refractivity contribution in [2.45, 2.75) is 12.0 Å². The molecule has 0 aliphatic carbocycles. The van der Waals surface area contributed by atoms with E-state index in [0.717, 1.165) is 49.1 Å². The molecule has 2 heterocycles. The van der Waals surface area contributed by atoms with Gasteiger partial charge in [-0.05, 0) is 18.2 Å². The molecule has 0 bridgehead atoms. The maximum Gasteiger partial charge on any atom is 0.124 e. The summed E-state index contributed by atoms with van der Waals surface area (Å²) in [4.78, 5) is 2.42. The standard InChI is InChI=1S/C14H19ClN2O2/c15-11-1-2-13-12(9-11)14(10-16,3-6-19-13)17-4-7-18-8-5-17/h1-2,9H,3-8,10,16H2. The Labute approximate surface area is 118 Å². The molecule has 4 nitrogen and oxygen atoms in total. The molecule has 1 aromatic rings. The number of fused-ring (bicyclic) bond motifs is 1. The second kappa shape index (κ2) is 5.29. The molecule has 0 saturated carbocycles. The van der Waals surface area contributed by atoms with Gasteiger partial charge in [0.2, 0.25) is 0 Å². The van der Waals surface area contributed by atoms with E-state index in [9.17, 15) is 0 Å². The number of halogens is 1. The van der Waals surface area contributed by atoms with Gasteiger partial charge in [-0.1, -0.05) is 11.6 Å². The molecule has 104 valence electrons. The SMILES string of the molecule is NCC1(N2CCOCC2)CCOc2ccc(Cl)cc21. The van der Waals surface area contributed by atoms with E-state index < -0.39 is 0 Å². The molecule has 5 heteroatoms. The Bertz CT molecular complexity index is 463. The normalized spacial score (nSPS) is 27.7. The first-order chi connectivity index (χ1) is 9.26. The van der Waals surface area contributed by atoms with Gasteiger partial charge in [-0.25, -0.2) is 0 Å². The highest BCUT2D eigenvalue weighted by molar-refractivity contribution is 6.30. The number of nitrogens with two attached hydrogens (primary N) is 1. The minimum Gasteiger partial charge on any atom is -0.493 e. The summed E-state index contributed by atoms with van der Waals surface area (Å²) in [6.07, 6.45) is 0.900. The summed E-state index contributed by atoms with van der Waals surface area (Å²) in [7, 11) is 0. The van der Waals surface area contributed by atoms with Gasteiger partial charge in [0.15, 0.2) is 0 Å². The van der Waals surface area contributed by atoms with Crippen LogP contribution in [0.3, 0.4) is 0 Å². The van der Waals surface area contributed by atoms with Crippen molar-refractivity contribution in [3.8, 4) is 5.75 Å². The highest BCUT2D eigenvalue weighted by atomic mass is 35.5. The summed E-state index contributed by atoms with van der Waals surface area (Å²) in [5, 5.41) is 0.732. The Morgan fingerprint density at radius 1 is 1.26 bits per heavy atom. The summed E-state index contributed by atoms with van der Waals surface area (Å²) < 4.78 is 11.2. The van der Waals surface area contributed by atoms with Crippen LogP contribution in [0, 0.1) is 0 Å². The van der Waals surface area contributed by atoms with E-state index in [1.807, 2.05) is 18.2 Å². The van der Waals surface area contributed by atoms with Crippen molar-refractivity contribution in [3.05, 3.63) is 28.8 Å². The average Bonchev–Trinajstić information content (AvgIpc) is 2.47. The third kappa shape index (κ3) is 2.23. The lowest BCUT2D eigenvalue weighted by Gasteiger charge is -2.48. The van der Waals surface area contributed by atoms with Crippen molar-refractivity contribution in [1.29, 1.82) is 0 Å². The lowest BCUT2D eigenvalue weighted by Crippen LogP contribution is -2.57. The molecular weight excluding hydrogens is 264 g/mol. The first kappa shape index (κ1) is 13.2. The zero-order valence-electron chi connectivity index (χ0n) is 10.9. The van der Waals surface area contributed by atoms with Gasteiger partial charge in [-0.3, -0.25) is 4.90 Å². The summed E-state index contributed by atoms with van der Waals surface area (Å²) in [5.74, 6) is 0.910. The molecule has 2 N–H and O–H groups in total. The van der Waals surface area contributed by atoms with E-state index >= 15 is 0 Å². The fourth-order valence-electron chi connectivity index (χ4n) is 3.12. The maximum absolute atomic E-state index is 6.16. The largest absolute Gasteiger partial charge is 0.493 e. The van der Waals surface area contributed by atoms with Crippen LogP contribution >= 0.6 is 11.6 Å². The topological polar surface area (TPSA) is 47.7 Å². The summed E-state index contributed by atoms with van der Waals surface area (Å²) in [6.45, 7) is 4.61. The minimum absolute atomic E-state index is 0.164. The number of rotatable bonds is 2. The lowest BCUT2D eigenvalue weighted by atomic mass is 9.82. The molecule has 2 aliphatic rings.